The van der Waals surface area contributed by atoms with Gasteiger partial charge in [0, 0.05) is 11.5 Å². The monoisotopic (exact) mass is 412 g/mol. The van der Waals surface area contributed by atoms with Gasteiger partial charge >= 0.3 is 0 Å². The number of amides is 1. The Morgan fingerprint density at radius 2 is 1.79 bits per heavy atom. The van der Waals surface area contributed by atoms with E-state index in [4.69, 9.17) is 19.2 Å². The summed E-state index contributed by atoms with van der Waals surface area (Å²) in [4.78, 5) is 17.4. The molecule has 0 saturated carbocycles. The van der Waals surface area contributed by atoms with Crippen LogP contribution < -0.4 is 19.5 Å². The summed E-state index contributed by atoms with van der Waals surface area (Å²) in [7, 11) is 4.76. The lowest BCUT2D eigenvalue weighted by Gasteiger charge is -2.15. The molecule has 1 heterocycles. The van der Waals surface area contributed by atoms with Gasteiger partial charge in [-0.3, -0.25) is 4.79 Å². The SMILES string of the molecule is COc1ccc(NC(=O)C(C)Sc2cc(C)c3cccc(OC)c3n2)c(OC)c1. The molecule has 0 radical (unpaired) electrons. The number of rotatable bonds is 7. The zero-order chi connectivity index (χ0) is 21.0. The van der Waals surface area contributed by atoms with Crippen molar-refractivity contribution in [3.05, 3.63) is 48.0 Å². The number of methoxy groups -OCH3 is 3. The van der Waals surface area contributed by atoms with E-state index >= 15 is 0 Å². The van der Waals surface area contributed by atoms with Crippen LogP contribution in [0.4, 0.5) is 5.69 Å². The molecule has 3 aromatic rings. The maximum atomic E-state index is 12.7. The Kier molecular flexibility index (Phi) is 6.49. The third kappa shape index (κ3) is 4.56. The van der Waals surface area contributed by atoms with Gasteiger partial charge in [-0.2, -0.15) is 0 Å². The highest BCUT2D eigenvalue weighted by Gasteiger charge is 2.18. The molecule has 0 fully saturated rings. The number of hydrogen-bond donors (Lipinski definition) is 1. The number of benzene rings is 2. The summed E-state index contributed by atoms with van der Waals surface area (Å²) in [6.45, 7) is 3.87. The molecule has 1 amide bonds. The summed E-state index contributed by atoms with van der Waals surface area (Å²) in [6, 6.07) is 13.1. The number of nitrogens with one attached hydrogen (secondary N) is 1. The first-order valence-corrected chi connectivity index (χ1v) is 9.98. The van der Waals surface area contributed by atoms with Crippen LogP contribution in [0.15, 0.2) is 47.5 Å². The van der Waals surface area contributed by atoms with Crippen LogP contribution in [0.25, 0.3) is 10.9 Å². The molecule has 0 aliphatic heterocycles. The van der Waals surface area contributed by atoms with E-state index in [-0.39, 0.29) is 11.2 Å². The molecule has 1 unspecified atom stereocenters. The second-order valence-electron chi connectivity index (χ2n) is 6.45. The Bertz CT molecular complexity index is 1040. The number of aryl methyl sites for hydroxylation is 1. The van der Waals surface area contributed by atoms with Gasteiger partial charge in [-0.05, 0) is 43.7 Å². The second kappa shape index (κ2) is 9.05. The van der Waals surface area contributed by atoms with Crippen molar-refractivity contribution >= 4 is 34.3 Å². The van der Waals surface area contributed by atoms with Gasteiger partial charge in [-0.25, -0.2) is 4.98 Å². The lowest BCUT2D eigenvalue weighted by molar-refractivity contribution is -0.115. The zero-order valence-corrected chi connectivity index (χ0v) is 17.9. The minimum absolute atomic E-state index is 0.141. The van der Waals surface area contributed by atoms with Gasteiger partial charge in [-0.1, -0.05) is 23.9 Å². The molecule has 0 spiro atoms. The topological polar surface area (TPSA) is 69.7 Å². The van der Waals surface area contributed by atoms with Crippen molar-refractivity contribution < 1.29 is 19.0 Å². The fourth-order valence-corrected chi connectivity index (χ4v) is 3.87. The zero-order valence-electron chi connectivity index (χ0n) is 17.1. The standard InChI is InChI=1S/C22H24N2O4S/c1-13-11-20(24-21-16(13)7-6-8-18(21)27-4)29-14(2)22(25)23-17-10-9-15(26-3)12-19(17)28-5/h6-12,14H,1-5H3,(H,23,25). The average Bonchev–Trinajstić information content (AvgIpc) is 2.73. The number of carbonyl (C=O) groups excluding carboxylic acids is 1. The second-order valence-corrected chi connectivity index (χ2v) is 7.81. The number of hydrogen-bond acceptors (Lipinski definition) is 6. The highest BCUT2D eigenvalue weighted by molar-refractivity contribution is 8.00. The van der Waals surface area contributed by atoms with Crippen molar-refractivity contribution in [2.75, 3.05) is 26.6 Å². The minimum atomic E-state index is -0.360. The smallest absolute Gasteiger partial charge is 0.237 e. The van der Waals surface area contributed by atoms with E-state index in [1.54, 1.807) is 39.5 Å². The number of anilines is 1. The van der Waals surface area contributed by atoms with E-state index in [2.05, 4.69) is 5.32 Å². The van der Waals surface area contributed by atoms with Crippen molar-refractivity contribution in [1.82, 2.24) is 4.98 Å². The summed E-state index contributed by atoms with van der Waals surface area (Å²) < 4.78 is 16.0. The molecule has 0 aliphatic carbocycles. The van der Waals surface area contributed by atoms with Crippen LogP contribution in [-0.4, -0.2) is 37.5 Å². The highest BCUT2D eigenvalue weighted by atomic mass is 32.2. The maximum absolute atomic E-state index is 12.7. The van der Waals surface area contributed by atoms with Crippen LogP contribution >= 0.6 is 11.8 Å². The van der Waals surface area contributed by atoms with Crippen molar-refractivity contribution in [2.24, 2.45) is 0 Å². The van der Waals surface area contributed by atoms with Gasteiger partial charge in [0.2, 0.25) is 5.91 Å². The summed E-state index contributed by atoms with van der Waals surface area (Å²) in [5, 5.41) is 4.36. The molecule has 1 aromatic heterocycles. The fourth-order valence-electron chi connectivity index (χ4n) is 2.96. The molecule has 6 nitrogen and oxygen atoms in total. The minimum Gasteiger partial charge on any atom is -0.497 e. The highest BCUT2D eigenvalue weighted by Crippen LogP contribution is 2.33. The number of ether oxygens (including phenoxy) is 3. The number of nitrogens with zero attached hydrogens (tertiary/aromatic N) is 1. The Morgan fingerprint density at radius 3 is 2.48 bits per heavy atom. The molecule has 152 valence electrons. The number of para-hydroxylation sites is 1. The Labute approximate surface area is 174 Å². The lowest BCUT2D eigenvalue weighted by atomic mass is 10.1. The molecule has 2 aromatic carbocycles. The fraction of sp³-hybridized carbons (Fsp3) is 0.273. The van der Waals surface area contributed by atoms with Crippen molar-refractivity contribution in [2.45, 2.75) is 24.1 Å². The van der Waals surface area contributed by atoms with Crippen LogP contribution in [-0.2, 0) is 4.79 Å². The number of thioether (sulfide) groups is 1. The van der Waals surface area contributed by atoms with E-state index in [1.165, 1.54) is 11.8 Å². The number of pyridine rings is 1. The van der Waals surface area contributed by atoms with Gasteiger partial charge in [0.1, 0.15) is 22.8 Å². The van der Waals surface area contributed by atoms with Gasteiger partial charge in [0.15, 0.2) is 0 Å². The predicted octanol–water partition coefficient (Wildman–Crippen LogP) is 4.69. The van der Waals surface area contributed by atoms with E-state index in [0.29, 0.717) is 22.9 Å². The quantitative estimate of drug-likeness (QED) is 0.568. The summed E-state index contributed by atoms with van der Waals surface area (Å²) in [6.07, 6.45) is 0. The number of carbonyl (C=O) groups is 1. The van der Waals surface area contributed by atoms with E-state index in [1.807, 2.05) is 38.1 Å². The molecule has 0 saturated heterocycles. The Morgan fingerprint density at radius 1 is 1.03 bits per heavy atom. The van der Waals surface area contributed by atoms with E-state index in [0.717, 1.165) is 21.5 Å². The van der Waals surface area contributed by atoms with Crippen LogP contribution in [0.2, 0.25) is 0 Å². The number of fused-ring (bicyclic) bond motifs is 1. The first-order chi connectivity index (χ1) is 14.0. The summed E-state index contributed by atoms with van der Waals surface area (Å²) in [5.41, 5.74) is 2.47. The molecular formula is C22H24N2O4S. The maximum Gasteiger partial charge on any atom is 0.237 e. The molecule has 7 heteroatoms. The largest absolute Gasteiger partial charge is 0.497 e. The van der Waals surface area contributed by atoms with Gasteiger partial charge < -0.3 is 19.5 Å². The average molecular weight is 413 g/mol. The van der Waals surface area contributed by atoms with Crippen molar-refractivity contribution in [3.8, 4) is 17.2 Å². The van der Waals surface area contributed by atoms with Crippen molar-refractivity contribution in [1.29, 1.82) is 0 Å². The van der Waals surface area contributed by atoms with E-state index < -0.39 is 0 Å². The first-order valence-electron chi connectivity index (χ1n) is 9.10. The summed E-state index contributed by atoms with van der Waals surface area (Å²) in [5.74, 6) is 1.78. The molecule has 0 bridgehead atoms. The third-order valence-electron chi connectivity index (χ3n) is 4.54. The van der Waals surface area contributed by atoms with Gasteiger partial charge in [-0.15, -0.1) is 0 Å². The first kappa shape index (κ1) is 20.8. The Balaban J connectivity index is 1.79. The van der Waals surface area contributed by atoms with E-state index in [9.17, 15) is 4.79 Å². The molecule has 0 aliphatic rings. The predicted molar refractivity (Wildman–Crippen MR) is 117 cm³/mol. The lowest BCUT2D eigenvalue weighted by Crippen LogP contribution is -2.22. The molecule has 3 rings (SSSR count). The van der Waals surface area contributed by atoms with Crippen molar-refractivity contribution in [3.63, 3.8) is 0 Å². The molecule has 29 heavy (non-hydrogen) atoms. The van der Waals surface area contributed by atoms with Crippen LogP contribution in [0.3, 0.4) is 0 Å². The molecule has 1 atom stereocenters. The third-order valence-corrected chi connectivity index (χ3v) is 5.56. The molecular weight excluding hydrogens is 388 g/mol. The van der Waals surface area contributed by atoms with Crippen LogP contribution in [0, 0.1) is 6.92 Å². The van der Waals surface area contributed by atoms with Gasteiger partial charge in [0.05, 0.1) is 37.3 Å². The molecule has 1 N–H and O–H groups in total. The Hall–Kier alpha value is -2.93. The van der Waals surface area contributed by atoms with Gasteiger partial charge in [0.25, 0.3) is 0 Å². The normalized spacial score (nSPS) is 11.8. The van der Waals surface area contributed by atoms with Crippen LogP contribution in [0.5, 0.6) is 17.2 Å². The summed E-state index contributed by atoms with van der Waals surface area (Å²) >= 11 is 1.40. The number of aromatic nitrogens is 1. The van der Waals surface area contributed by atoms with Crippen LogP contribution in [0.1, 0.15) is 12.5 Å².